The standard InChI is InChI=1S/C13H13ClN2O2/c1-16(8-9-3-2-4-10(15)7-9)13(17)11-5-6-12(14)18-11/h2-7H,8,15H2,1H3. The van der Waals surface area contributed by atoms with Gasteiger partial charge in [0.05, 0.1) is 0 Å². The molecule has 2 rings (SSSR count). The highest BCUT2D eigenvalue weighted by Crippen LogP contribution is 2.16. The highest BCUT2D eigenvalue weighted by molar-refractivity contribution is 6.29. The predicted octanol–water partition coefficient (Wildman–Crippen LogP) is 2.79. The van der Waals surface area contributed by atoms with Crippen LogP contribution in [0.25, 0.3) is 0 Å². The van der Waals surface area contributed by atoms with Crippen molar-refractivity contribution in [2.75, 3.05) is 12.8 Å². The average Bonchev–Trinajstić information content (AvgIpc) is 2.75. The Morgan fingerprint density at radius 2 is 2.17 bits per heavy atom. The van der Waals surface area contributed by atoms with Crippen molar-refractivity contribution in [3.8, 4) is 0 Å². The molecule has 1 amide bonds. The topological polar surface area (TPSA) is 59.5 Å². The van der Waals surface area contributed by atoms with Crippen LogP contribution in [0.1, 0.15) is 16.1 Å². The average molecular weight is 265 g/mol. The summed E-state index contributed by atoms with van der Waals surface area (Å²) in [6.07, 6.45) is 0. The molecule has 0 atom stereocenters. The summed E-state index contributed by atoms with van der Waals surface area (Å²) in [4.78, 5) is 13.5. The van der Waals surface area contributed by atoms with Gasteiger partial charge in [-0.25, -0.2) is 0 Å². The summed E-state index contributed by atoms with van der Waals surface area (Å²) in [5.41, 5.74) is 7.32. The van der Waals surface area contributed by atoms with E-state index in [-0.39, 0.29) is 16.9 Å². The highest BCUT2D eigenvalue weighted by Gasteiger charge is 2.15. The van der Waals surface area contributed by atoms with Crippen molar-refractivity contribution in [1.82, 2.24) is 4.90 Å². The van der Waals surface area contributed by atoms with Crippen LogP contribution < -0.4 is 5.73 Å². The van der Waals surface area contributed by atoms with E-state index >= 15 is 0 Å². The first-order valence-corrected chi connectivity index (χ1v) is 5.79. The second kappa shape index (κ2) is 5.14. The molecule has 4 nitrogen and oxygen atoms in total. The number of halogens is 1. The number of rotatable bonds is 3. The van der Waals surface area contributed by atoms with Gasteiger partial charge < -0.3 is 15.1 Å². The molecule has 0 aliphatic heterocycles. The van der Waals surface area contributed by atoms with Gasteiger partial charge >= 0.3 is 0 Å². The zero-order valence-electron chi connectivity index (χ0n) is 9.89. The zero-order valence-corrected chi connectivity index (χ0v) is 10.6. The van der Waals surface area contributed by atoms with Crippen molar-refractivity contribution in [2.24, 2.45) is 0 Å². The van der Waals surface area contributed by atoms with E-state index in [4.69, 9.17) is 21.8 Å². The Labute approximate surface area is 110 Å². The molecule has 1 aromatic carbocycles. The Balaban J connectivity index is 2.08. The summed E-state index contributed by atoms with van der Waals surface area (Å²) in [5, 5.41) is 0.204. The number of benzene rings is 1. The number of carbonyl (C=O) groups is 1. The van der Waals surface area contributed by atoms with Crippen LogP contribution in [0.15, 0.2) is 40.8 Å². The van der Waals surface area contributed by atoms with Crippen LogP contribution in [0.5, 0.6) is 0 Å². The van der Waals surface area contributed by atoms with Gasteiger partial charge in [-0.2, -0.15) is 0 Å². The summed E-state index contributed by atoms with van der Waals surface area (Å²) in [6.45, 7) is 0.461. The Morgan fingerprint density at radius 1 is 1.39 bits per heavy atom. The van der Waals surface area contributed by atoms with Crippen molar-refractivity contribution >= 4 is 23.2 Å². The second-order valence-corrected chi connectivity index (χ2v) is 4.38. The lowest BCUT2D eigenvalue weighted by atomic mass is 10.2. The summed E-state index contributed by atoms with van der Waals surface area (Å²) >= 11 is 5.64. The van der Waals surface area contributed by atoms with E-state index in [2.05, 4.69) is 0 Å². The van der Waals surface area contributed by atoms with Crippen molar-refractivity contribution in [3.63, 3.8) is 0 Å². The lowest BCUT2D eigenvalue weighted by Gasteiger charge is -2.15. The summed E-state index contributed by atoms with van der Waals surface area (Å²) in [6, 6.07) is 10.5. The lowest BCUT2D eigenvalue weighted by Crippen LogP contribution is -2.25. The molecule has 1 heterocycles. The normalized spacial score (nSPS) is 10.3. The van der Waals surface area contributed by atoms with Gasteiger partial charge in [0.2, 0.25) is 0 Å². The molecule has 0 bridgehead atoms. The molecular weight excluding hydrogens is 252 g/mol. The van der Waals surface area contributed by atoms with Crippen LogP contribution in [-0.2, 0) is 6.54 Å². The largest absolute Gasteiger partial charge is 0.440 e. The SMILES string of the molecule is CN(Cc1cccc(N)c1)C(=O)c1ccc(Cl)o1. The fourth-order valence-electron chi connectivity index (χ4n) is 1.65. The minimum atomic E-state index is -0.218. The Hall–Kier alpha value is -1.94. The van der Waals surface area contributed by atoms with Crippen molar-refractivity contribution in [1.29, 1.82) is 0 Å². The number of amides is 1. The van der Waals surface area contributed by atoms with Crippen LogP contribution in [0.4, 0.5) is 5.69 Å². The maximum Gasteiger partial charge on any atom is 0.289 e. The fraction of sp³-hybridized carbons (Fsp3) is 0.154. The molecule has 0 aliphatic rings. The first-order valence-electron chi connectivity index (χ1n) is 5.41. The lowest BCUT2D eigenvalue weighted by molar-refractivity contribution is 0.0753. The number of anilines is 1. The molecule has 1 aromatic heterocycles. The molecule has 0 spiro atoms. The van der Waals surface area contributed by atoms with Crippen LogP contribution in [-0.4, -0.2) is 17.9 Å². The molecule has 2 N–H and O–H groups in total. The van der Waals surface area contributed by atoms with E-state index in [9.17, 15) is 4.79 Å². The van der Waals surface area contributed by atoms with E-state index in [0.29, 0.717) is 12.2 Å². The highest BCUT2D eigenvalue weighted by atomic mass is 35.5. The van der Waals surface area contributed by atoms with E-state index < -0.39 is 0 Å². The van der Waals surface area contributed by atoms with Crippen molar-refractivity contribution in [2.45, 2.75) is 6.54 Å². The van der Waals surface area contributed by atoms with Gasteiger partial charge in [0.1, 0.15) is 0 Å². The number of nitrogens with zero attached hydrogens (tertiary/aromatic N) is 1. The molecule has 0 saturated heterocycles. The molecular formula is C13H13ClN2O2. The van der Waals surface area contributed by atoms with Gasteiger partial charge in [-0.3, -0.25) is 4.79 Å². The molecule has 0 aliphatic carbocycles. The molecule has 0 fully saturated rings. The van der Waals surface area contributed by atoms with Gasteiger partial charge in [-0.15, -0.1) is 0 Å². The van der Waals surface area contributed by atoms with Gasteiger partial charge in [-0.1, -0.05) is 12.1 Å². The van der Waals surface area contributed by atoms with E-state index in [1.165, 1.54) is 0 Å². The fourth-order valence-corrected chi connectivity index (χ4v) is 1.80. The Bertz CT molecular complexity index is 566. The van der Waals surface area contributed by atoms with Crippen molar-refractivity contribution < 1.29 is 9.21 Å². The van der Waals surface area contributed by atoms with Gasteiger partial charge in [0, 0.05) is 19.3 Å². The minimum absolute atomic E-state index is 0.204. The van der Waals surface area contributed by atoms with Gasteiger partial charge in [-0.05, 0) is 41.4 Å². The smallest absolute Gasteiger partial charge is 0.289 e. The summed E-state index contributed by atoms with van der Waals surface area (Å²) < 4.78 is 5.08. The first-order chi connectivity index (χ1) is 8.56. The van der Waals surface area contributed by atoms with Crippen LogP contribution in [0.2, 0.25) is 5.22 Å². The first kappa shape index (κ1) is 12.5. The molecule has 18 heavy (non-hydrogen) atoms. The number of hydrogen-bond donors (Lipinski definition) is 1. The Kier molecular flexibility index (Phi) is 3.58. The summed E-state index contributed by atoms with van der Waals surface area (Å²) in [5.74, 6) is 0.00993. The van der Waals surface area contributed by atoms with E-state index in [1.54, 1.807) is 30.1 Å². The molecule has 0 radical (unpaired) electrons. The van der Waals surface area contributed by atoms with Crippen molar-refractivity contribution in [3.05, 3.63) is 52.9 Å². The van der Waals surface area contributed by atoms with Crippen LogP contribution >= 0.6 is 11.6 Å². The second-order valence-electron chi connectivity index (χ2n) is 4.01. The monoisotopic (exact) mass is 264 g/mol. The number of hydrogen-bond acceptors (Lipinski definition) is 3. The van der Waals surface area contributed by atoms with E-state index in [0.717, 1.165) is 5.56 Å². The molecule has 94 valence electrons. The third kappa shape index (κ3) is 2.84. The third-order valence-corrected chi connectivity index (χ3v) is 2.70. The van der Waals surface area contributed by atoms with Crippen LogP contribution in [0.3, 0.4) is 0 Å². The number of nitrogen functional groups attached to an aromatic ring is 1. The summed E-state index contributed by atoms with van der Waals surface area (Å²) in [7, 11) is 1.70. The maximum absolute atomic E-state index is 12.0. The number of furan rings is 1. The number of nitrogens with two attached hydrogens (primary N) is 1. The molecule has 2 aromatic rings. The van der Waals surface area contributed by atoms with E-state index in [1.807, 2.05) is 18.2 Å². The predicted molar refractivity (Wildman–Crippen MR) is 70.4 cm³/mol. The third-order valence-electron chi connectivity index (χ3n) is 2.50. The van der Waals surface area contributed by atoms with Crippen LogP contribution in [0, 0.1) is 0 Å². The molecule has 5 heteroatoms. The quantitative estimate of drug-likeness (QED) is 0.867. The molecule has 0 saturated carbocycles. The van der Waals surface area contributed by atoms with Gasteiger partial charge in [0.15, 0.2) is 11.0 Å². The Morgan fingerprint density at radius 3 is 2.78 bits per heavy atom. The minimum Gasteiger partial charge on any atom is -0.440 e. The zero-order chi connectivity index (χ0) is 13.1. The maximum atomic E-state index is 12.0. The number of carbonyl (C=O) groups excluding carboxylic acids is 1. The van der Waals surface area contributed by atoms with Gasteiger partial charge in [0.25, 0.3) is 5.91 Å². The molecule has 0 unspecified atom stereocenters.